The van der Waals surface area contributed by atoms with Gasteiger partial charge in [-0.2, -0.15) is 0 Å². The Hall–Kier alpha value is -11.5. The second-order valence-electron chi connectivity index (χ2n) is 23.5. The number of anilines is 6. The minimum atomic E-state index is -0.147. The number of hydrogen-bond acceptors (Lipinski definition) is 2. The van der Waals surface area contributed by atoms with Gasteiger partial charge >= 0.3 is 0 Å². The Morgan fingerprint density at radius 1 is 0.227 bits per heavy atom. The Labute approximate surface area is 511 Å². The monoisotopic (exact) mass is 1120 g/mol. The van der Waals surface area contributed by atoms with E-state index >= 15 is 0 Å². The third-order valence-electron chi connectivity index (χ3n) is 18.7. The average Bonchev–Trinajstić information content (AvgIpc) is 1.01. The van der Waals surface area contributed by atoms with Crippen LogP contribution in [0.4, 0.5) is 34.1 Å². The molecule has 0 radical (unpaired) electrons. The average molecular weight is 1120 g/mol. The highest BCUT2D eigenvalue weighted by Crippen LogP contribution is 2.50. The summed E-state index contributed by atoms with van der Waals surface area (Å²) in [6.07, 6.45) is 0. The lowest BCUT2D eigenvalue weighted by Crippen LogP contribution is -2.61. The molecule has 0 fully saturated rings. The first-order valence-electron chi connectivity index (χ1n) is 30.5. The predicted octanol–water partition coefficient (Wildman–Crippen LogP) is 20.7. The standard InChI is InChI=1S/C84H54BN3/c1-5-21-55(22-6-1)59-37-43-64(44-38-59)86-78-47-41-61(57-25-9-3-10-26-57)50-75(78)85-76-51-62(58-27-11-4-12-28-58)42-48-79(76)87(65-45-39-60(40-46-65)56-23-7-2-8-24-56)82-53-66(52-81(86)84(82)85)88-77-36-20-19-35-72(77)83-71-34-18-17-33-70(71)74(54-80(83)88)73-49-63-29-13-14-30-67(63)68-31-15-16-32-69(68)73/h1-54H. The highest BCUT2D eigenvalue weighted by Gasteiger charge is 2.44. The van der Waals surface area contributed by atoms with Crippen LogP contribution in [-0.4, -0.2) is 11.3 Å². The molecular weight excluding hydrogens is 1060 g/mol. The Morgan fingerprint density at radius 2 is 0.614 bits per heavy atom. The van der Waals surface area contributed by atoms with Crippen molar-refractivity contribution in [2.45, 2.75) is 0 Å². The van der Waals surface area contributed by atoms with Crippen LogP contribution in [0.1, 0.15) is 0 Å². The fraction of sp³-hybridized carbons (Fsp3) is 0. The van der Waals surface area contributed by atoms with E-state index in [1.807, 2.05) is 0 Å². The molecule has 4 heteroatoms. The normalized spacial score (nSPS) is 12.5. The van der Waals surface area contributed by atoms with Crippen molar-refractivity contribution in [1.82, 2.24) is 4.57 Å². The minimum Gasteiger partial charge on any atom is -0.311 e. The first-order chi connectivity index (χ1) is 43.7. The van der Waals surface area contributed by atoms with Crippen LogP contribution < -0.4 is 26.2 Å². The molecular formula is C84H54BN3. The van der Waals surface area contributed by atoms with E-state index in [4.69, 9.17) is 0 Å². The SMILES string of the molecule is c1ccc(-c2ccc(N3c4ccc(-c5ccccc5)cc4B4c5cc(-c6ccccc6)ccc5N(c5ccc(-c6ccccc6)cc5)c5cc(-n6c7ccccc7c7c8ccccc8c(-c8cc9ccccc9c9ccccc89)cc76)cc3c54)cc2)cc1. The van der Waals surface area contributed by atoms with Crippen molar-refractivity contribution >= 4 is 111 Å². The van der Waals surface area contributed by atoms with Gasteiger partial charge in [0.2, 0.25) is 0 Å². The number of fused-ring (bicyclic) bond motifs is 12. The van der Waals surface area contributed by atoms with Gasteiger partial charge in [-0.1, -0.05) is 261 Å². The summed E-state index contributed by atoms with van der Waals surface area (Å²) in [6.45, 7) is -0.147. The van der Waals surface area contributed by atoms with Gasteiger partial charge in [-0.25, -0.2) is 0 Å². The summed E-state index contributed by atoms with van der Waals surface area (Å²) in [4.78, 5) is 5.13. The van der Waals surface area contributed by atoms with Crippen molar-refractivity contribution in [1.29, 1.82) is 0 Å². The van der Waals surface area contributed by atoms with Crippen molar-refractivity contribution in [3.05, 3.63) is 328 Å². The maximum absolute atomic E-state index is 2.57. The quantitative estimate of drug-likeness (QED) is 0.111. The molecule has 18 rings (SSSR count). The van der Waals surface area contributed by atoms with Gasteiger partial charge in [-0.15, -0.1) is 0 Å². The van der Waals surface area contributed by atoms with Crippen molar-refractivity contribution in [2.24, 2.45) is 0 Å². The predicted molar refractivity (Wildman–Crippen MR) is 375 cm³/mol. The summed E-state index contributed by atoms with van der Waals surface area (Å²) >= 11 is 0. The minimum absolute atomic E-state index is 0.147. The fourth-order valence-electron chi connectivity index (χ4n) is 14.8. The number of nitrogens with zero attached hydrogens (tertiary/aromatic N) is 3. The zero-order valence-corrected chi connectivity index (χ0v) is 48.1. The van der Waals surface area contributed by atoms with E-state index in [-0.39, 0.29) is 6.71 Å². The molecule has 3 heterocycles. The molecule has 2 aliphatic heterocycles. The first-order valence-corrected chi connectivity index (χ1v) is 30.5. The highest BCUT2D eigenvalue weighted by molar-refractivity contribution is 7.00. The zero-order valence-electron chi connectivity index (χ0n) is 48.1. The van der Waals surface area contributed by atoms with E-state index in [1.54, 1.807) is 0 Å². The molecule has 0 aliphatic carbocycles. The largest absolute Gasteiger partial charge is 0.311 e. The van der Waals surface area contributed by atoms with Crippen LogP contribution >= 0.6 is 0 Å². The number of aromatic nitrogens is 1. The highest BCUT2D eigenvalue weighted by atomic mass is 15.2. The number of para-hydroxylation sites is 1. The van der Waals surface area contributed by atoms with Gasteiger partial charge in [0.15, 0.2) is 0 Å². The maximum atomic E-state index is 2.57. The third kappa shape index (κ3) is 7.86. The van der Waals surface area contributed by atoms with E-state index < -0.39 is 0 Å². The van der Waals surface area contributed by atoms with E-state index in [1.165, 1.54) is 115 Å². The van der Waals surface area contributed by atoms with E-state index in [0.29, 0.717) is 0 Å². The van der Waals surface area contributed by atoms with Gasteiger partial charge in [0, 0.05) is 44.9 Å². The molecule has 0 saturated carbocycles. The lowest BCUT2D eigenvalue weighted by molar-refractivity contribution is 1.16. The summed E-state index contributed by atoms with van der Waals surface area (Å²) in [7, 11) is 0. The number of benzene rings is 15. The number of hydrogen-bond donors (Lipinski definition) is 0. The topological polar surface area (TPSA) is 11.4 Å². The van der Waals surface area contributed by atoms with E-state index in [2.05, 4.69) is 342 Å². The third-order valence-corrected chi connectivity index (χ3v) is 18.7. The lowest BCUT2D eigenvalue weighted by Gasteiger charge is -2.44. The molecule has 15 aromatic carbocycles. The van der Waals surface area contributed by atoms with Crippen LogP contribution in [0.2, 0.25) is 0 Å². The smallest absolute Gasteiger partial charge is 0.252 e. The molecule has 2 aliphatic rings. The molecule has 0 N–H and O–H groups in total. The molecule has 408 valence electrons. The second kappa shape index (κ2) is 20.1. The molecule has 0 atom stereocenters. The Morgan fingerprint density at radius 3 is 1.14 bits per heavy atom. The Kier molecular flexibility index (Phi) is 11.4. The van der Waals surface area contributed by atoms with Gasteiger partial charge in [0.1, 0.15) is 0 Å². The molecule has 3 nitrogen and oxygen atoms in total. The second-order valence-corrected chi connectivity index (χ2v) is 23.5. The van der Waals surface area contributed by atoms with Crippen LogP contribution in [-0.2, 0) is 0 Å². The molecule has 0 amide bonds. The molecule has 1 aromatic heterocycles. The Bertz CT molecular complexity index is 5230. The molecule has 0 unspecified atom stereocenters. The summed E-state index contributed by atoms with van der Waals surface area (Å²) in [5, 5.41) is 9.90. The van der Waals surface area contributed by atoms with Crippen LogP contribution in [0.5, 0.6) is 0 Å². The van der Waals surface area contributed by atoms with Crippen molar-refractivity contribution in [3.63, 3.8) is 0 Å². The van der Waals surface area contributed by atoms with Gasteiger partial charge in [0.05, 0.1) is 16.7 Å². The van der Waals surface area contributed by atoms with E-state index in [9.17, 15) is 0 Å². The van der Waals surface area contributed by atoms with Crippen LogP contribution in [0.15, 0.2) is 328 Å². The summed E-state index contributed by atoms with van der Waals surface area (Å²) in [5.74, 6) is 0. The van der Waals surface area contributed by atoms with Crippen molar-refractivity contribution < 1.29 is 0 Å². The molecule has 0 bridgehead atoms. The molecule has 88 heavy (non-hydrogen) atoms. The first kappa shape index (κ1) is 49.9. The van der Waals surface area contributed by atoms with Gasteiger partial charge in [0.25, 0.3) is 6.71 Å². The van der Waals surface area contributed by atoms with Crippen molar-refractivity contribution in [2.75, 3.05) is 9.80 Å². The number of rotatable bonds is 8. The molecule has 0 spiro atoms. The van der Waals surface area contributed by atoms with Crippen LogP contribution in [0.3, 0.4) is 0 Å². The Balaban J connectivity index is 0.966. The summed E-state index contributed by atoms with van der Waals surface area (Å²) in [5.41, 5.74) is 25.8. The summed E-state index contributed by atoms with van der Waals surface area (Å²) < 4.78 is 2.57. The van der Waals surface area contributed by atoms with Crippen molar-refractivity contribution in [3.8, 4) is 61.3 Å². The molecule has 16 aromatic rings. The zero-order chi connectivity index (χ0) is 57.8. The van der Waals surface area contributed by atoms with Gasteiger partial charge in [-0.3, -0.25) is 0 Å². The van der Waals surface area contributed by atoms with Crippen LogP contribution in [0.25, 0.3) is 115 Å². The summed E-state index contributed by atoms with van der Waals surface area (Å²) in [6, 6.07) is 122. The van der Waals surface area contributed by atoms with E-state index in [0.717, 1.165) is 50.8 Å². The lowest BCUT2D eigenvalue weighted by atomic mass is 9.33. The maximum Gasteiger partial charge on any atom is 0.252 e. The van der Waals surface area contributed by atoms with Gasteiger partial charge < -0.3 is 14.4 Å². The van der Waals surface area contributed by atoms with Crippen LogP contribution in [0, 0.1) is 0 Å². The fourth-order valence-corrected chi connectivity index (χ4v) is 14.8. The van der Waals surface area contributed by atoms with Gasteiger partial charge in [-0.05, 0) is 171 Å². The molecule has 0 saturated heterocycles.